The smallest absolute Gasteiger partial charge is 0.113 e. The molecular formula is C10H15NO. The Hall–Kier alpha value is -1.02. The SMILES string of the molecule is Cc1cc(C)c(NCO)c(C)c1. The van der Waals surface area contributed by atoms with E-state index >= 15 is 0 Å². The summed E-state index contributed by atoms with van der Waals surface area (Å²) in [6.07, 6.45) is 0. The molecule has 0 saturated heterocycles. The summed E-state index contributed by atoms with van der Waals surface area (Å²) >= 11 is 0. The third-order valence-corrected chi connectivity index (χ3v) is 1.93. The van der Waals surface area contributed by atoms with E-state index in [4.69, 9.17) is 5.11 Å². The monoisotopic (exact) mass is 165 g/mol. The molecule has 2 nitrogen and oxygen atoms in total. The maximum atomic E-state index is 8.73. The Labute approximate surface area is 73.2 Å². The highest BCUT2D eigenvalue weighted by Crippen LogP contribution is 2.21. The van der Waals surface area contributed by atoms with Gasteiger partial charge in [-0.2, -0.15) is 0 Å². The van der Waals surface area contributed by atoms with Crippen molar-refractivity contribution in [3.05, 3.63) is 28.8 Å². The Kier molecular flexibility index (Phi) is 2.71. The van der Waals surface area contributed by atoms with Gasteiger partial charge in [0.25, 0.3) is 0 Å². The Bertz CT molecular complexity index is 258. The van der Waals surface area contributed by atoms with E-state index in [2.05, 4.69) is 24.4 Å². The van der Waals surface area contributed by atoms with Gasteiger partial charge < -0.3 is 10.4 Å². The second-order valence-electron chi connectivity index (χ2n) is 3.11. The summed E-state index contributed by atoms with van der Waals surface area (Å²) in [5, 5.41) is 11.7. The Morgan fingerprint density at radius 3 is 2.08 bits per heavy atom. The van der Waals surface area contributed by atoms with Crippen LogP contribution in [-0.4, -0.2) is 11.8 Å². The lowest BCUT2D eigenvalue weighted by Gasteiger charge is -2.11. The van der Waals surface area contributed by atoms with Gasteiger partial charge in [-0.05, 0) is 31.9 Å². The summed E-state index contributed by atoms with van der Waals surface area (Å²) in [5.74, 6) is 0. The molecule has 0 heterocycles. The van der Waals surface area contributed by atoms with Crippen molar-refractivity contribution in [3.8, 4) is 0 Å². The number of hydrogen-bond donors (Lipinski definition) is 2. The molecular weight excluding hydrogens is 150 g/mol. The highest BCUT2D eigenvalue weighted by atomic mass is 16.3. The van der Waals surface area contributed by atoms with Crippen LogP contribution in [0.4, 0.5) is 5.69 Å². The summed E-state index contributed by atoms with van der Waals surface area (Å²) in [4.78, 5) is 0. The predicted octanol–water partition coefficient (Wildman–Crippen LogP) is 1.97. The van der Waals surface area contributed by atoms with Gasteiger partial charge in [0.15, 0.2) is 0 Å². The van der Waals surface area contributed by atoms with Crippen molar-refractivity contribution in [2.75, 3.05) is 12.0 Å². The number of aryl methyl sites for hydroxylation is 3. The molecule has 1 rings (SSSR count). The maximum Gasteiger partial charge on any atom is 0.113 e. The fourth-order valence-corrected chi connectivity index (χ4v) is 1.54. The zero-order chi connectivity index (χ0) is 9.14. The molecule has 0 aromatic heterocycles. The molecule has 0 radical (unpaired) electrons. The molecule has 1 aromatic carbocycles. The van der Waals surface area contributed by atoms with Crippen LogP contribution in [-0.2, 0) is 0 Å². The van der Waals surface area contributed by atoms with E-state index < -0.39 is 0 Å². The third-order valence-electron chi connectivity index (χ3n) is 1.93. The number of hydrogen-bond acceptors (Lipinski definition) is 2. The molecule has 0 spiro atoms. The largest absolute Gasteiger partial charge is 0.377 e. The minimum absolute atomic E-state index is 0.00919. The van der Waals surface area contributed by atoms with Gasteiger partial charge in [-0.25, -0.2) is 0 Å². The molecule has 0 unspecified atom stereocenters. The fraction of sp³-hybridized carbons (Fsp3) is 0.400. The van der Waals surface area contributed by atoms with E-state index in [1.807, 2.05) is 13.8 Å². The Balaban J connectivity index is 3.10. The molecule has 2 N–H and O–H groups in total. The van der Waals surface area contributed by atoms with Crippen LogP contribution in [0.25, 0.3) is 0 Å². The molecule has 12 heavy (non-hydrogen) atoms. The van der Waals surface area contributed by atoms with Crippen molar-refractivity contribution in [1.29, 1.82) is 0 Å². The Morgan fingerprint density at radius 1 is 1.17 bits per heavy atom. The first-order valence-corrected chi connectivity index (χ1v) is 4.07. The summed E-state index contributed by atoms with van der Waals surface area (Å²) < 4.78 is 0. The highest BCUT2D eigenvalue weighted by molar-refractivity contribution is 5.57. The van der Waals surface area contributed by atoms with Crippen LogP contribution in [0.3, 0.4) is 0 Å². The van der Waals surface area contributed by atoms with Crippen molar-refractivity contribution in [2.24, 2.45) is 0 Å². The van der Waals surface area contributed by atoms with Crippen molar-refractivity contribution in [3.63, 3.8) is 0 Å². The lowest BCUT2D eigenvalue weighted by Crippen LogP contribution is -2.03. The van der Waals surface area contributed by atoms with Crippen molar-refractivity contribution in [2.45, 2.75) is 20.8 Å². The van der Waals surface area contributed by atoms with Crippen LogP contribution in [0.5, 0.6) is 0 Å². The molecule has 0 atom stereocenters. The standard InChI is InChI=1S/C10H15NO/c1-7-4-8(2)10(11-6-12)9(3)5-7/h4-5,11-12H,6H2,1-3H3. The zero-order valence-corrected chi connectivity index (χ0v) is 7.81. The first-order valence-electron chi connectivity index (χ1n) is 4.07. The number of aliphatic hydroxyl groups is 1. The van der Waals surface area contributed by atoms with E-state index in [1.165, 1.54) is 16.7 Å². The average Bonchev–Trinajstić information content (AvgIpc) is 1.96. The van der Waals surface area contributed by atoms with E-state index in [1.54, 1.807) is 0 Å². The van der Waals surface area contributed by atoms with E-state index in [-0.39, 0.29) is 6.73 Å². The van der Waals surface area contributed by atoms with Crippen LogP contribution >= 0.6 is 0 Å². The maximum absolute atomic E-state index is 8.73. The molecule has 2 heteroatoms. The molecule has 0 aliphatic rings. The number of benzene rings is 1. The van der Waals surface area contributed by atoms with Crippen LogP contribution in [0, 0.1) is 20.8 Å². The number of nitrogens with one attached hydrogen (secondary N) is 1. The lowest BCUT2D eigenvalue weighted by atomic mass is 10.1. The quantitative estimate of drug-likeness (QED) is 0.657. The highest BCUT2D eigenvalue weighted by Gasteiger charge is 2.01. The predicted molar refractivity (Wildman–Crippen MR) is 51.4 cm³/mol. The number of anilines is 1. The second-order valence-corrected chi connectivity index (χ2v) is 3.11. The number of aliphatic hydroxyl groups excluding tert-OH is 1. The summed E-state index contributed by atoms with van der Waals surface area (Å²) in [5.41, 5.74) is 4.67. The van der Waals surface area contributed by atoms with Gasteiger partial charge in [0, 0.05) is 5.69 Å². The molecule has 0 aliphatic heterocycles. The molecule has 0 aliphatic carbocycles. The van der Waals surface area contributed by atoms with Crippen LogP contribution in [0.1, 0.15) is 16.7 Å². The lowest BCUT2D eigenvalue weighted by molar-refractivity contribution is 0.325. The van der Waals surface area contributed by atoms with Gasteiger partial charge in [-0.15, -0.1) is 0 Å². The summed E-state index contributed by atoms with van der Waals surface area (Å²) in [6, 6.07) is 4.20. The van der Waals surface area contributed by atoms with E-state index in [9.17, 15) is 0 Å². The molecule has 0 fully saturated rings. The first-order chi connectivity index (χ1) is 5.65. The van der Waals surface area contributed by atoms with Gasteiger partial charge in [0.2, 0.25) is 0 Å². The minimum atomic E-state index is -0.00919. The average molecular weight is 165 g/mol. The van der Waals surface area contributed by atoms with Gasteiger partial charge >= 0.3 is 0 Å². The number of rotatable bonds is 2. The minimum Gasteiger partial charge on any atom is -0.377 e. The zero-order valence-electron chi connectivity index (χ0n) is 7.81. The molecule has 66 valence electrons. The fourth-order valence-electron chi connectivity index (χ4n) is 1.54. The van der Waals surface area contributed by atoms with Crippen LogP contribution < -0.4 is 5.32 Å². The second kappa shape index (κ2) is 3.59. The van der Waals surface area contributed by atoms with Gasteiger partial charge in [-0.3, -0.25) is 0 Å². The molecule has 1 aromatic rings. The van der Waals surface area contributed by atoms with Gasteiger partial charge in [0.05, 0.1) is 0 Å². The van der Waals surface area contributed by atoms with Crippen molar-refractivity contribution >= 4 is 5.69 Å². The van der Waals surface area contributed by atoms with Gasteiger partial charge in [0.1, 0.15) is 6.73 Å². The normalized spacial score (nSPS) is 10.0. The van der Waals surface area contributed by atoms with Crippen LogP contribution in [0.2, 0.25) is 0 Å². The molecule has 0 bridgehead atoms. The van der Waals surface area contributed by atoms with E-state index in [0.29, 0.717) is 0 Å². The third kappa shape index (κ3) is 1.77. The molecule has 0 saturated carbocycles. The van der Waals surface area contributed by atoms with Crippen molar-refractivity contribution in [1.82, 2.24) is 0 Å². The topological polar surface area (TPSA) is 32.3 Å². The van der Waals surface area contributed by atoms with Crippen LogP contribution in [0.15, 0.2) is 12.1 Å². The van der Waals surface area contributed by atoms with Gasteiger partial charge in [-0.1, -0.05) is 17.7 Å². The van der Waals surface area contributed by atoms with E-state index in [0.717, 1.165) is 5.69 Å². The summed E-state index contributed by atoms with van der Waals surface area (Å²) in [6.45, 7) is 6.14. The molecule has 0 amide bonds. The summed E-state index contributed by atoms with van der Waals surface area (Å²) in [7, 11) is 0. The van der Waals surface area contributed by atoms with Crippen molar-refractivity contribution < 1.29 is 5.11 Å². The first kappa shape index (κ1) is 9.07. The Morgan fingerprint density at radius 2 is 1.67 bits per heavy atom.